The zero-order valence-corrected chi connectivity index (χ0v) is 19.5. The standard InChI is InChI=1S/C25H30N4O4/c1-5-23(31)28(4)15-22-17(2)14-29(18(3)16-30)25(32)21-12-20(13-27-24(21)33-22)7-6-19-8-10-26-11-9-19/h8-13,17-18,22,30H,5,14-16H2,1-4H3/t17-,18-,22+/m0/s1. The lowest BCUT2D eigenvalue weighted by molar-refractivity contribution is -0.131. The molecule has 0 bridgehead atoms. The number of hydrogen-bond acceptors (Lipinski definition) is 6. The zero-order valence-electron chi connectivity index (χ0n) is 19.5. The van der Waals surface area contributed by atoms with E-state index in [4.69, 9.17) is 4.74 Å². The van der Waals surface area contributed by atoms with Crippen molar-refractivity contribution in [3.63, 3.8) is 0 Å². The third-order valence-electron chi connectivity index (χ3n) is 5.73. The van der Waals surface area contributed by atoms with Gasteiger partial charge in [-0.1, -0.05) is 25.7 Å². The summed E-state index contributed by atoms with van der Waals surface area (Å²) in [6.45, 7) is 6.17. The molecule has 0 aromatic carbocycles. The molecule has 0 spiro atoms. The molecule has 0 unspecified atom stereocenters. The molecule has 3 atom stereocenters. The minimum atomic E-state index is -0.381. The number of pyridine rings is 2. The van der Waals surface area contributed by atoms with E-state index in [0.717, 1.165) is 5.56 Å². The molecule has 3 heterocycles. The molecule has 0 saturated heterocycles. The molecule has 2 aromatic rings. The Morgan fingerprint density at radius 1 is 1.33 bits per heavy atom. The van der Waals surface area contributed by atoms with Gasteiger partial charge in [-0.2, -0.15) is 0 Å². The Bertz CT molecular complexity index is 1050. The van der Waals surface area contributed by atoms with Gasteiger partial charge in [0.15, 0.2) is 0 Å². The van der Waals surface area contributed by atoms with E-state index < -0.39 is 0 Å². The van der Waals surface area contributed by atoms with Crippen molar-refractivity contribution in [3.05, 3.63) is 53.5 Å². The van der Waals surface area contributed by atoms with Crippen molar-refractivity contribution < 1.29 is 19.4 Å². The highest BCUT2D eigenvalue weighted by molar-refractivity contribution is 5.97. The zero-order chi connectivity index (χ0) is 24.0. The first-order valence-corrected chi connectivity index (χ1v) is 11.1. The van der Waals surface area contributed by atoms with Gasteiger partial charge in [-0.25, -0.2) is 4.98 Å². The van der Waals surface area contributed by atoms with Gasteiger partial charge in [0, 0.05) is 55.6 Å². The number of ether oxygens (including phenoxy) is 1. The Morgan fingerprint density at radius 2 is 2.03 bits per heavy atom. The van der Waals surface area contributed by atoms with E-state index in [9.17, 15) is 14.7 Å². The lowest BCUT2D eigenvalue weighted by Crippen LogP contribution is -2.50. The Balaban J connectivity index is 1.98. The van der Waals surface area contributed by atoms with Crippen molar-refractivity contribution in [2.45, 2.75) is 39.3 Å². The van der Waals surface area contributed by atoms with Gasteiger partial charge in [-0.3, -0.25) is 14.6 Å². The van der Waals surface area contributed by atoms with Crippen LogP contribution in [0.2, 0.25) is 0 Å². The third kappa shape index (κ3) is 5.88. The number of aliphatic hydroxyl groups is 1. The topological polar surface area (TPSA) is 95.9 Å². The van der Waals surface area contributed by atoms with Crippen molar-refractivity contribution in [1.29, 1.82) is 0 Å². The molecule has 2 amide bonds. The maximum Gasteiger partial charge on any atom is 0.259 e. The number of carbonyl (C=O) groups excluding carboxylic acids is 2. The molecule has 33 heavy (non-hydrogen) atoms. The molecular weight excluding hydrogens is 420 g/mol. The van der Waals surface area contributed by atoms with Crippen LogP contribution in [0.4, 0.5) is 0 Å². The smallest absolute Gasteiger partial charge is 0.259 e. The summed E-state index contributed by atoms with van der Waals surface area (Å²) in [7, 11) is 1.74. The molecule has 8 heteroatoms. The average molecular weight is 451 g/mol. The molecule has 3 rings (SSSR count). The van der Waals surface area contributed by atoms with Crippen LogP contribution in [-0.4, -0.2) is 75.6 Å². The summed E-state index contributed by atoms with van der Waals surface area (Å²) in [4.78, 5) is 37.2. The fourth-order valence-electron chi connectivity index (χ4n) is 3.61. The second-order valence-electron chi connectivity index (χ2n) is 8.31. The Morgan fingerprint density at radius 3 is 2.70 bits per heavy atom. The summed E-state index contributed by atoms with van der Waals surface area (Å²) in [5.41, 5.74) is 1.66. The highest BCUT2D eigenvalue weighted by Crippen LogP contribution is 2.27. The van der Waals surface area contributed by atoms with Crippen LogP contribution in [0.3, 0.4) is 0 Å². The van der Waals surface area contributed by atoms with Gasteiger partial charge in [0.25, 0.3) is 5.91 Å². The van der Waals surface area contributed by atoms with E-state index in [1.165, 1.54) is 0 Å². The van der Waals surface area contributed by atoms with Crippen LogP contribution in [0.15, 0.2) is 36.8 Å². The number of nitrogens with zero attached hydrogens (tertiary/aromatic N) is 4. The molecule has 0 radical (unpaired) electrons. The Hall–Kier alpha value is -3.44. The normalized spacial score (nSPS) is 18.7. The van der Waals surface area contributed by atoms with Crippen LogP contribution in [0, 0.1) is 17.8 Å². The number of fused-ring (bicyclic) bond motifs is 1. The van der Waals surface area contributed by atoms with E-state index in [1.807, 2.05) is 13.8 Å². The van der Waals surface area contributed by atoms with Gasteiger partial charge < -0.3 is 19.6 Å². The van der Waals surface area contributed by atoms with Gasteiger partial charge in [0.2, 0.25) is 11.8 Å². The molecule has 0 fully saturated rings. The number of rotatable bonds is 5. The second kappa shape index (κ2) is 10.9. The van der Waals surface area contributed by atoms with E-state index in [1.54, 1.807) is 60.6 Å². The van der Waals surface area contributed by atoms with E-state index in [-0.39, 0.29) is 47.9 Å². The first-order chi connectivity index (χ1) is 15.8. The summed E-state index contributed by atoms with van der Waals surface area (Å²) in [5, 5.41) is 9.76. The minimum Gasteiger partial charge on any atom is -0.472 e. The first-order valence-electron chi connectivity index (χ1n) is 11.1. The van der Waals surface area contributed by atoms with E-state index >= 15 is 0 Å². The largest absolute Gasteiger partial charge is 0.472 e. The lowest BCUT2D eigenvalue weighted by atomic mass is 10.00. The van der Waals surface area contributed by atoms with Gasteiger partial charge >= 0.3 is 0 Å². The molecular formula is C25H30N4O4. The minimum absolute atomic E-state index is 0.0134. The summed E-state index contributed by atoms with van der Waals surface area (Å²) in [5.74, 6) is 5.93. The molecule has 0 aliphatic carbocycles. The van der Waals surface area contributed by atoms with Crippen molar-refractivity contribution >= 4 is 11.8 Å². The van der Waals surface area contributed by atoms with Crippen LogP contribution >= 0.6 is 0 Å². The summed E-state index contributed by atoms with van der Waals surface area (Å²) in [6, 6.07) is 4.89. The molecule has 8 nitrogen and oxygen atoms in total. The van der Waals surface area contributed by atoms with Crippen LogP contribution in [0.5, 0.6) is 5.88 Å². The third-order valence-corrected chi connectivity index (χ3v) is 5.73. The molecule has 174 valence electrons. The van der Waals surface area contributed by atoms with E-state index in [2.05, 4.69) is 21.8 Å². The maximum absolute atomic E-state index is 13.4. The van der Waals surface area contributed by atoms with Crippen molar-refractivity contribution in [3.8, 4) is 17.7 Å². The number of carbonyl (C=O) groups is 2. The molecule has 1 N–H and O–H groups in total. The predicted molar refractivity (Wildman–Crippen MR) is 124 cm³/mol. The molecule has 1 aliphatic heterocycles. The number of likely N-dealkylation sites (N-methyl/N-ethyl adjacent to an activating group) is 1. The summed E-state index contributed by atoms with van der Waals surface area (Å²) in [6.07, 6.45) is 4.93. The highest BCUT2D eigenvalue weighted by atomic mass is 16.5. The van der Waals surface area contributed by atoms with Crippen LogP contribution in [-0.2, 0) is 4.79 Å². The number of aliphatic hydroxyl groups excluding tert-OH is 1. The average Bonchev–Trinajstić information content (AvgIpc) is 2.84. The van der Waals surface area contributed by atoms with E-state index in [0.29, 0.717) is 25.1 Å². The summed E-state index contributed by atoms with van der Waals surface area (Å²) >= 11 is 0. The number of aromatic nitrogens is 2. The monoisotopic (exact) mass is 450 g/mol. The van der Waals surface area contributed by atoms with Gasteiger partial charge in [-0.15, -0.1) is 0 Å². The second-order valence-corrected chi connectivity index (χ2v) is 8.31. The maximum atomic E-state index is 13.4. The Kier molecular flexibility index (Phi) is 8.01. The Labute approximate surface area is 194 Å². The van der Waals surface area contributed by atoms with Gasteiger partial charge in [0.05, 0.1) is 19.2 Å². The number of hydrogen-bond donors (Lipinski definition) is 1. The highest BCUT2D eigenvalue weighted by Gasteiger charge is 2.34. The van der Waals surface area contributed by atoms with Crippen molar-refractivity contribution in [2.24, 2.45) is 5.92 Å². The molecule has 1 aliphatic rings. The fourth-order valence-corrected chi connectivity index (χ4v) is 3.61. The van der Waals surface area contributed by atoms with Crippen LogP contribution < -0.4 is 4.74 Å². The van der Waals surface area contributed by atoms with Crippen molar-refractivity contribution in [2.75, 3.05) is 26.7 Å². The van der Waals surface area contributed by atoms with Gasteiger partial charge in [0.1, 0.15) is 11.7 Å². The van der Waals surface area contributed by atoms with Crippen LogP contribution in [0.1, 0.15) is 48.7 Å². The molecule has 2 aromatic heterocycles. The molecule has 0 saturated carbocycles. The van der Waals surface area contributed by atoms with Crippen molar-refractivity contribution in [1.82, 2.24) is 19.8 Å². The number of amides is 2. The fraction of sp³-hybridized carbons (Fsp3) is 0.440. The quantitative estimate of drug-likeness (QED) is 0.700. The van der Waals surface area contributed by atoms with Crippen LogP contribution in [0.25, 0.3) is 0 Å². The lowest BCUT2D eigenvalue weighted by Gasteiger charge is -2.37. The predicted octanol–water partition coefficient (Wildman–Crippen LogP) is 1.96. The van der Waals surface area contributed by atoms with Gasteiger partial charge in [-0.05, 0) is 25.1 Å². The first kappa shape index (κ1) is 24.2. The SMILES string of the molecule is CCC(=O)N(C)C[C@H]1Oc2ncc(C#Cc3ccncc3)cc2C(=O)N([C@@H](C)CO)C[C@@H]1C. The summed E-state index contributed by atoms with van der Waals surface area (Å²) < 4.78 is 6.19.